The van der Waals surface area contributed by atoms with Gasteiger partial charge in [-0.2, -0.15) is 0 Å². The van der Waals surface area contributed by atoms with E-state index < -0.39 is 5.97 Å². The maximum Gasteiger partial charge on any atom is 0.325 e. The fourth-order valence-corrected chi connectivity index (χ4v) is 4.15. The zero-order valence-electron chi connectivity index (χ0n) is 18.4. The van der Waals surface area contributed by atoms with Gasteiger partial charge in [-0.15, -0.1) is 0 Å². The summed E-state index contributed by atoms with van der Waals surface area (Å²) in [6.45, 7) is 1.84. The van der Waals surface area contributed by atoms with Gasteiger partial charge in [-0.1, -0.05) is 42.3 Å². The maximum absolute atomic E-state index is 13.4. The van der Waals surface area contributed by atoms with E-state index in [9.17, 15) is 9.59 Å². The number of amides is 1. The number of carbonyl (C=O) groups excluding carboxylic acids is 2. The lowest BCUT2D eigenvalue weighted by Gasteiger charge is -2.19. The number of methoxy groups -OCH3 is 1. The summed E-state index contributed by atoms with van der Waals surface area (Å²) in [5.74, 6) is 0.0565. The van der Waals surface area contributed by atoms with Crippen LogP contribution in [0.1, 0.15) is 18.2 Å². The third-order valence-electron chi connectivity index (χ3n) is 5.36. The molecule has 0 spiro atoms. The summed E-state index contributed by atoms with van der Waals surface area (Å²) in [6.07, 6.45) is 2.43. The highest BCUT2D eigenvalue weighted by molar-refractivity contribution is 7.80. The number of esters is 1. The highest BCUT2D eigenvalue weighted by Crippen LogP contribution is 2.32. The van der Waals surface area contributed by atoms with Crippen LogP contribution in [0.2, 0.25) is 10.0 Å². The molecule has 1 aliphatic rings. The SMILES string of the molecule is CCc1ccc(N2C(=O)/C(=C/c3ccc(-c4ccc(Cl)c(Cl)c4)o3)N(CC(=O)OC)C2=S)cc1. The number of halogens is 2. The predicted octanol–water partition coefficient (Wildman–Crippen LogP) is 5.96. The van der Waals surface area contributed by atoms with Crippen LogP contribution in [0.5, 0.6) is 0 Å². The molecule has 174 valence electrons. The summed E-state index contributed by atoms with van der Waals surface area (Å²) in [7, 11) is 1.28. The molecular weight excluding hydrogens is 495 g/mol. The van der Waals surface area contributed by atoms with E-state index in [0.29, 0.717) is 27.3 Å². The van der Waals surface area contributed by atoms with Gasteiger partial charge in [0.05, 0.1) is 22.8 Å². The van der Waals surface area contributed by atoms with Crippen LogP contribution in [-0.2, 0) is 20.7 Å². The van der Waals surface area contributed by atoms with E-state index in [4.69, 9.17) is 44.6 Å². The number of carbonyl (C=O) groups is 2. The highest BCUT2D eigenvalue weighted by Gasteiger charge is 2.40. The summed E-state index contributed by atoms with van der Waals surface area (Å²) in [4.78, 5) is 28.3. The van der Waals surface area contributed by atoms with Crippen LogP contribution in [0, 0.1) is 0 Å². The van der Waals surface area contributed by atoms with Crippen LogP contribution in [0.15, 0.2) is 64.7 Å². The molecule has 3 aromatic rings. The predicted molar refractivity (Wildman–Crippen MR) is 137 cm³/mol. The van der Waals surface area contributed by atoms with Crippen molar-refractivity contribution in [1.29, 1.82) is 0 Å². The number of furan rings is 1. The summed E-state index contributed by atoms with van der Waals surface area (Å²) in [5.41, 5.74) is 2.68. The lowest BCUT2D eigenvalue weighted by molar-refractivity contribution is -0.140. The second kappa shape index (κ2) is 10.0. The molecule has 0 unspecified atom stereocenters. The molecule has 34 heavy (non-hydrogen) atoms. The average Bonchev–Trinajstić information content (AvgIpc) is 3.39. The van der Waals surface area contributed by atoms with Crippen molar-refractivity contribution in [1.82, 2.24) is 4.90 Å². The molecule has 0 radical (unpaired) electrons. The van der Waals surface area contributed by atoms with E-state index in [1.165, 1.54) is 16.9 Å². The second-order valence-electron chi connectivity index (χ2n) is 7.47. The summed E-state index contributed by atoms with van der Waals surface area (Å²) in [6, 6.07) is 16.2. The van der Waals surface area contributed by atoms with E-state index in [1.807, 2.05) is 24.3 Å². The second-order valence-corrected chi connectivity index (χ2v) is 8.65. The van der Waals surface area contributed by atoms with Crippen LogP contribution in [0.4, 0.5) is 5.69 Å². The number of anilines is 1. The highest BCUT2D eigenvalue weighted by atomic mass is 35.5. The van der Waals surface area contributed by atoms with Crippen molar-refractivity contribution in [2.75, 3.05) is 18.6 Å². The number of ether oxygens (including phenoxy) is 1. The van der Waals surface area contributed by atoms with E-state index >= 15 is 0 Å². The molecule has 1 aromatic heterocycles. The molecule has 0 saturated carbocycles. The van der Waals surface area contributed by atoms with Gasteiger partial charge in [-0.05, 0) is 66.7 Å². The Hall–Kier alpha value is -3.13. The molecule has 2 heterocycles. The number of rotatable bonds is 6. The van der Waals surface area contributed by atoms with Crippen molar-refractivity contribution in [3.05, 3.63) is 81.7 Å². The third kappa shape index (κ3) is 4.73. The van der Waals surface area contributed by atoms with Crippen LogP contribution < -0.4 is 4.90 Å². The minimum absolute atomic E-state index is 0.183. The summed E-state index contributed by atoms with van der Waals surface area (Å²) >= 11 is 17.7. The molecule has 0 aliphatic carbocycles. The molecule has 1 saturated heterocycles. The molecule has 0 N–H and O–H groups in total. The number of hydrogen-bond acceptors (Lipinski definition) is 5. The van der Waals surface area contributed by atoms with Crippen LogP contribution in [0.25, 0.3) is 17.4 Å². The first-order valence-corrected chi connectivity index (χ1v) is 11.6. The smallest absolute Gasteiger partial charge is 0.325 e. The van der Waals surface area contributed by atoms with Crippen molar-refractivity contribution in [3.8, 4) is 11.3 Å². The zero-order chi connectivity index (χ0) is 24.4. The molecule has 6 nitrogen and oxygen atoms in total. The van der Waals surface area contributed by atoms with Crippen molar-refractivity contribution in [2.24, 2.45) is 0 Å². The molecule has 0 atom stereocenters. The fraction of sp³-hybridized carbons (Fsp3) is 0.160. The van der Waals surface area contributed by atoms with Crippen molar-refractivity contribution < 1.29 is 18.7 Å². The van der Waals surface area contributed by atoms with Gasteiger partial charge in [0, 0.05) is 11.6 Å². The van der Waals surface area contributed by atoms with Gasteiger partial charge in [0.15, 0.2) is 5.11 Å². The molecule has 0 bridgehead atoms. The van der Waals surface area contributed by atoms with E-state index in [1.54, 1.807) is 36.4 Å². The Labute approximate surface area is 212 Å². The standard InChI is InChI=1S/C25H20Cl2N2O4S/c1-3-15-4-7-17(8-5-15)29-24(31)21(28(25(29)34)14-23(30)32-2)13-18-9-11-22(33-18)16-6-10-19(26)20(27)12-16/h4-13H,3,14H2,1-2H3/b21-13-. The Morgan fingerprint density at radius 2 is 1.82 bits per heavy atom. The van der Waals surface area contributed by atoms with Crippen LogP contribution >= 0.6 is 35.4 Å². The Balaban J connectivity index is 1.70. The zero-order valence-corrected chi connectivity index (χ0v) is 20.7. The van der Waals surface area contributed by atoms with Crippen molar-refractivity contribution >= 4 is 64.2 Å². The molecule has 1 fully saturated rings. The molecule has 1 aliphatic heterocycles. The van der Waals surface area contributed by atoms with Crippen molar-refractivity contribution in [3.63, 3.8) is 0 Å². The molecule has 2 aromatic carbocycles. The van der Waals surface area contributed by atoms with Gasteiger partial charge in [-0.3, -0.25) is 14.5 Å². The molecule has 4 rings (SSSR count). The van der Waals surface area contributed by atoms with Gasteiger partial charge in [-0.25, -0.2) is 0 Å². The first-order chi connectivity index (χ1) is 16.3. The normalized spacial score (nSPS) is 14.9. The average molecular weight is 515 g/mol. The lowest BCUT2D eigenvalue weighted by Crippen LogP contribution is -2.35. The third-order valence-corrected chi connectivity index (χ3v) is 6.50. The largest absolute Gasteiger partial charge is 0.468 e. The Morgan fingerprint density at radius 3 is 2.47 bits per heavy atom. The van der Waals surface area contributed by atoms with Crippen molar-refractivity contribution in [2.45, 2.75) is 13.3 Å². The fourth-order valence-electron chi connectivity index (χ4n) is 3.50. The minimum Gasteiger partial charge on any atom is -0.468 e. The molecule has 1 amide bonds. The first-order valence-electron chi connectivity index (χ1n) is 10.4. The van der Waals surface area contributed by atoms with Crippen LogP contribution in [0.3, 0.4) is 0 Å². The number of aryl methyl sites for hydroxylation is 1. The lowest BCUT2D eigenvalue weighted by atomic mass is 10.1. The molecule has 9 heteroatoms. The van der Waals surface area contributed by atoms with Crippen LogP contribution in [-0.4, -0.2) is 35.5 Å². The Bertz CT molecular complexity index is 1300. The quantitative estimate of drug-likeness (QED) is 0.229. The summed E-state index contributed by atoms with van der Waals surface area (Å²) < 4.78 is 10.7. The number of thiocarbonyl (C=S) groups is 1. The number of benzene rings is 2. The van der Waals surface area contributed by atoms with Gasteiger partial charge in [0.1, 0.15) is 23.8 Å². The monoisotopic (exact) mass is 514 g/mol. The van der Waals surface area contributed by atoms with Gasteiger partial charge >= 0.3 is 5.97 Å². The van der Waals surface area contributed by atoms with Gasteiger partial charge in [0.2, 0.25) is 0 Å². The van der Waals surface area contributed by atoms with Gasteiger partial charge < -0.3 is 14.1 Å². The van der Waals surface area contributed by atoms with E-state index in [-0.39, 0.29) is 23.3 Å². The van der Waals surface area contributed by atoms with E-state index in [2.05, 4.69) is 6.92 Å². The van der Waals surface area contributed by atoms with E-state index in [0.717, 1.165) is 17.5 Å². The molecular formula is C25H20Cl2N2O4S. The topological polar surface area (TPSA) is 63.0 Å². The maximum atomic E-state index is 13.4. The Morgan fingerprint density at radius 1 is 1.09 bits per heavy atom. The number of hydrogen-bond donors (Lipinski definition) is 0. The van der Waals surface area contributed by atoms with Gasteiger partial charge in [0.25, 0.3) is 5.91 Å². The first kappa shape index (κ1) is 24.0. The number of nitrogens with zero attached hydrogens (tertiary/aromatic N) is 2. The Kier molecular flexibility index (Phi) is 7.07. The minimum atomic E-state index is -0.528. The summed E-state index contributed by atoms with van der Waals surface area (Å²) in [5, 5.41) is 1.03.